The smallest absolute Gasteiger partial charge is 0.0701 e. The summed E-state index contributed by atoms with van der Waals surface area (Å²) in [4.78, 5) is 0. The zero-order valence-corrected chi connectivity index (χ0v) is 15.7. The molecule has 0 bridgehead atoms. The maximum Gasteiger partial charge on any atom is 0.0701 e. The molecule has 0 heterocycles. The van der Waals surface area contributed by atoms with Crippen molar-refractivity contribution in [1.82, 2.24) is 5.32 Å². The molecule has 139 valence electrons. The van der Waals surface area contributed by atoms with E-state index in [1.165, 1.54) is 0 Å². The largest absolute Gasteiger partial charge is 0.394 e. The van der Waals surface area contributed by atoms with E-state index in [1.807, 2.05) is 0 Å². The molecular formula is C15H33NO6V. The molecule has 2 N–H and O–H groups in total. The summed E-state index contributed by atoms with van der Waals surface area (Å²) in [5.41, 5.74) is 0. The average molecular weight is 374 g/mol. The molecule has 0 amide bonds. The van der Waals surface area contributed by atoms with Crippen molar-refractivity contribution in [3.63, 3.8) is 0 Å². The molecule has 0 saturated heterocycles. The SMILES string of the molecule is CCCNCCOCCOCCOCCOCCOCCO.[V]. The Kier molecular flexibility index (Phi) is 27.3. The maximum absolute atomic E-state index is 8.49. The van der Waals surface area contributed by atoms with Crippen molar-refractivity contribution in [3.8, 4) is 0 Å². The molecule has 0 fully saturated rings. The van der Waals surface area contributed by atoms with E-state index in [1.54, 1.807) is 0 Å². The second-order valence-corrected chi connectivity index (χ2v) is 4.54. The first-order valence-electron chi connectivity index (χ1n) is 8.12. The Bertz CT molecular complexity index is 183. The number of rotatable bonds is 19. The predicted octanol–water partition coefficient (Wildman–Crippen LogP) is 0.0588. The fourth-order valence-corrected chi connectivity index (χ4v) is 1.49. The van der Waals surface area contributed by atoms with Crippen molar-refractivity contribution in [2.45, 2.75) is 13.3 Å². The molecule has 0 spiro atoms. The van der Waals surface area contributed by atoms with Gasteiger partial charge in [0.2, 0.25) is 0 Å². The minimum Gasteiger partial charge on any atom is -0.394 e. The Hall–Kier alpha value is 0.304. The van der Waals surface area contributed by atoms with Crippen LogP contribution in [0.15, 0.2) is 0 Å². The number of hydrogen-bond acceptors (Lipinski definition) is 7. The Morgan fingerprint density at radius 3 is 1.39 bits per heavy atom. The molecule has 0 saturated carbocycles. The third-order valence-corrected chi connectivity index (χ3v) is 2.57. The van der Waals surface area contributed by atoms with Crippen LogP contribution in [0.3, 0.4) is 0 Å². The van der Waals surface area contributed by atoms with Crippen LogP contribution in [0.5, 0.6) is 0 Å². The molecule has 0 aromatic rings. The van der Waals surface area contributed by atoms with E-state index in [9.17, 15) is 0 Å². The van der Waals surface area contributed by atoms with E-state index < -0.39 is 0 Å². The molecule has 0 atom stereocenters. The molecule has 0 aliphatic carbocycles. The van der Waals surface area contributed by atoms with Gasteiger partial charge in [0.1, 0.15) is 0 Å². The van der Waals surface area contributed by atoms with Crippen LogP contribution >= 0.6 is 0 Å². The molecule has 8 heteroatoms. The van der Waals surface area contributed by atoms with Crippen molar-refractivity contribution in [3.05, 3.63) is 0 Å². The van der Waals surface area contributed by atoms with Gasteiger partial charge in [-0.25, -0.2) is 0 Å². The standard InChI is InChI=1S/C15H33NO6.V/c1-2-3-16-4-6-18-8-10-20-12-14-22-15-13-21-11-9-19-7-5-17;/h16-17H,2-15H2,1H3;. The van der Waals surface area contributed by atoms with Gasteiger partial charge in [0, 0.05) is 25.1 Å². The van der Waals surface area contributed by atoms with Crippen molar-refractivity contribution in [2.24, 2.45) is 0 Å². The van der Waals surface area contributed by atoms with Crippen molar-refractivity contribution >= 4 is 0 Å². The van der Waals surface area contributed by atoms with E-state index in [0.717, 1.165) is 26.1 Å². The fraction of sp³-hybridized carbons (Fsp3) is 1.00. The predicted molar refractivity (Wildman–Crippen MR) is 84.3 cm³/mol. The zero-order chi connectivity index (χ0) is 16.1. The summed E-state index contributed by atoms with van der Waals surface area (Å²) >= 11 is 0. The van der Waals surface area contributed by atoms with Gasteiger partial charge in [-0.3, -0.25) is 0 Å². The summed E-state index contributed by atoms with van der Waals surface area (Å²) in [7, 11) is 0. The number of hydrogen-bond donors (Lipinski definition) is 2. The summed E-state index contributed by atoms with van der Waals surface area (Å²) in [5, 5.41) is 11.8. The van der Waals surface area contributed by atoms with E-state index in [4.69, 9.17) is 28.8 Å². The number of aliphatic hydroxyl groups excluding tert-OH is 1. The van der Waals surface area contributed by atoms with E-state index in [2.05, 4.69) is 12.2 Å². The van der Waals surface area contributed by atoms with Gasteiger partial charge in [-0.05, 0) is 13.0 Å². The van der Waals surface area contributed by atoms with E-state index in [-0.39, 0.29) is 25.2 Å². The van der Waals surface area contributed by atoms with Crippen LogP contribution < -0.4 is 5.32 Å². The number of aliphatic hydroxyl groups is 1. The normalized spacial score (nSPS) is 10.7. The summed E-state index contributed by atoms with van der Waals surface area (Å²) < 4.78 is 26.5. The monoisotopic (exact) mass is 374 g/mol. The Labute approximate surface area is 152 Å². The average Bonchev–Trinajstić information content (AvgIpc) is 2.54. The second-order valence-electron chi connectivity index (χ2n) is 4.54. The van der Waals surface area contributed by atoms with Gasteiger partial charge in [0.25, 0.3) is 0 Å². The fourth-order valence-electron chi connectivity index (χ4n) is 1.49. The first-order chi connectivity index (χ1) is 10.9. The van der Waals surface area contributed by atoms with Crippen LogP contribution in [0.4, 0.5) is 0 Å². The molecular weight excluding hydrogens is 341 g/mol. The zero-order valence-electron chi connectivity index (χ0n) is 14.3. The number of nitrogens with one attached hydrogen (secondary N) is 1. The molecule has 7 nitrogen and oxygen atoms in total. The van der Waals surface area contributed by atoms with Crippen LogP contribution in [-0.4, -0.2) is 90.9 Å². The van der Waals surface area contributed by atoms with Crippen LogP contribution in [0.25, 0.3) is 0 Å². The Morgan fingerprint density at radius 2 is 1.00 bits per heavy atom. The summed E-state index contributed by atoms with van der Waals surface area (Å²) in [6.07, 6.45) is 1.14. The maximum atomic E-state index is 8.49. The van der Waals surface area contributed by atoms with Gasteiger partial charge in [-0.1, -0.05) is 6.92 Å². The van der Waals surface area contributed by atoms with E-state index in [0.29, 0.717) is 59.5 Å². The summed E-state index contributed by atoms with van der Waals surface area (Å²) in [6.45, 7) is 9.63. The first-order valence-corrected chi connectivity index (χ1v) is 8.12. The van der Waals surface area contributed by atoms with Gasteiger partial charge in [0.15, 0.2) is 0 Å². The quantitative estimate of drug-likeness (QED) is 0.310. The van der Waals surface area contributed by atoms with Crippen molar-refractivity contribution in [1.29, 1.82) is 0 Å². The molecule has 0 aromatic carbocycles. The molecule has 1 radical (unpaired) electrons. The Balaban J connectivity index is 0. The molecule has 0 aliphatic heterocycles. The molecule has 0 unspecified atom stereocenters. The van der Waals surface area contributed by atoms with Gasteiger partial charge in [-0.2, -0.15) is 0 Å². The van der Waals surface area contributed by atoms with Crippen LogP contribution in [0.1, 0.15) is 13.3 Å². The van der Waals surface area contributed by atoms with Crippen molar-refractivity contribution in [2.75, 3.05) is 85.8 Å². The topological polar surface area (TPSA) is 78.4 Å². The third-order valence-electron chi connectivity index (χ3n) is 2.57. The summed E-state index contributed by atoms with van der Waals surface area (Å²) in [6, 6.07) is 0. The molecule has 0 rings (SSSR count). The summed E-state index contributed by atoms with van der Waals surface area (Å²) in [5.74, 6) is 0. The van der Waals surface area contributed by atoms with Gasteiger partial charge in [-0.15, -0.1) is 0 Å². The molecule has 23 heavy (non-hydrogen) atoms. The Morgan fingerprint density at radius 1 is 0.609 bits per heavy atom. The third kappa shape index (κ3) is 24.7. The first kappa shape index (κ1) is 25.5. The minimum absolute atomic E-state index is 0. The van der Waals surface area contributed by atoms with Gasteiger partial charge >= 0.3 is 0 Å². The minimum atomic E-state index is 0. The van der Waals surface area contributed by atoms with Crippen molar-refractivity contribution < 1.29 is 47.3 Å². The second kappa shape index (κ2) is 24.6. The molecule has 0 aromatic heterocycles. The number of ether oxygens (including phenoxy) is 5. The van der Waals surface area contributed by atoms with Crippen LogP contribution in [0.2, 0.25) is 0 Å². The van der Waals surface area contributed by atoms with Crippen LogP contribution in [0, 0.1) is 0 Å². The molecule has 0 aliphatic rings. The van der Waals surface area contributed by atoms with Gasteiger partial charge in [0.05, 0.1) is 72.7 Å². The van der Waals surface area contributed by atoms with Crippen LogP contribution in [-0.2, 0) is 42.2 Å². The van der Waals surface area contributed by atoms with Gasteiger partial charge < -0.3 is 34.1 Å². The van der Waals surface area contributed by atoms with E-state index >= 15 is 0 Å².